The number of rotatable bonds is 14. The smallest absolute Gasteiger partial charge is 0.335 e. The van der Waals surface area contributed by atoms with Gasteiger partial charge in [0, 0.05) is 6.54 Å². The molecule has 10 heteroatoms. The zero-order valence-corrected chi connectivity index (χ0v) is 32.6. The molecule has 5 aliphatic rings. The van der Waals surface area contributed by atoms with Crippen LogP contribution in [0.3, 0.4) is 0 Å². The van der Waals surface area contributed by atoms with E-state index in [-0.39, 0.29) is 46.3 Å². The summed E-state index contributed by atoms with van der Waals surface area (Å²) in [6, 6.07) is 0. The summed E-state index contributed by atoms with van der Waals surface area (Å²) in [7, 11) is 0. The minimum absolute atomic E-state index is 0.0141. The number of allylic oxidation sites excluding steroid dienone is 2. The molecule has 0 aromatic carbocycles. The van der Waals surface area contributed by atoms with Crippen molar-refractivity contribution in [3.63, 3.8) is 0 Å². The quantitative estimate of drug-likeness (QED) is 0.0815. The van der Waals surface area contributed by atoms with E-state index >= 15 is 0 Å². The lowest BCUT2D eigenvalue weighted by Crippen LogP contribution is -2.64. The molecule has 4 saturated carbocycles. The van der Waals surface area contributed by atoms with Gasteiger partial charge in [-0.05, 0) is 157 Å². The van der Waals surface area contributed by atoms with Crippen LogP contribution in [0.25, 0.3) is 0 Å². The third-order valence-corrected chi connectivity index (χ3v) is 15.5. The maximum Gasteiger partial charge on any atom is 0.335 e. The van der Waals surface area contributed by atoms with Crippen molar-refractivity contribution in [3.8, 4) is 0 Å². The van der Waals surface area contributed by atoms with Crippen molar-refractivity contribution in [2.24, 2.45) is 51.8 Å². The molecule has 51 heavy (non-hydrogen) atoms. The van der Waals surface area contributed by atoms with E-state index in [9.17, 15) is 35.1 Å². The summed E-state index contributed by atoms with van der Waals surface area (Å²) in [5, 5.41) is 55.7. The minimum atomic E-state index is -1.94. The van der Waals surface area contributed by atoms with Gasteiger partial charge in [0.15, 0.2) is 12.4 Å². The molecule has 0 radical (unpaired) electrons. The molecule has 4 fully saturated rings. The Kier molecular flexibility index (Phi) is 12.5. The number of ether oxygens (including phenoxy) is 1. The summed E-state index contributed by atoms with van der Waals surface area (Å²) >= 11 is 0. The molecule has 0 aromatic rings. The van der Waals surface area contributed by atoms with E-state index in [1.165, 1.54) is 12.5 Å². The fourth-order valence-electron chi connectivity index (χ4n) is 12.6. The van der Waals surface area contributed by atoms with E-state index in [4.69, 9.17) is 4.74 Å². The van der Waals surface area contributed by atoms with Crippen molar-refractivity contribution in [2.75, 3.05) is 26.2 Å². The van der Waals surface area contributed by atoms with Crippen molar-refractivity contribution < 1.29 is 39.9 Å². The van der Waals surface area contributed by atoms with Gasteiger partial charge in [-0.25, -0.2) is 4.79 Å². The topological polar surface area (TPSA) is 160 Å². The van der Waals surface area contributed by atoms with Crippen LogP contribution in [0.5, 0.6) is 0 Å². The number of carbonyl (C=O) groups excluding carboxylic acids is 1. The number of fused-ring (bicyclic) bond motifs is 7. The van der Waals surface area contributed by atoms with Gasteiger partial charge < -0.3 is 40.5 Å². The fourth-order valence-corrected chi connectivity index (χ4v) is 12.6. The van der Waals surface area contributed by atoms with Crippen LogP contribution in [0.2, 0.25) is 0 Å². The maximum absolute atomic E-state index is 14.2. The number of aliphatic carboxylic acids is 1. The molecule has 10 nitrogen and oxygen atoms in total. The zero-order valence-electron chi connectivity index (χ0n) is 32.6. The lowest BCUT2D eigenvalue weighted by Gasteiger charge is -2.68. The molecule has 5 rings (SSSR count). The molecule has 0 aromatic heterocycles. The lowest BCUT2D eigenvalue weighted by atomic mass is 9.37. The van der Waals surface area contributed by atoms with Gasteiger partial charge >= 0.3 is 5.97 Å². The first-order valence-electron chi connectivity index (χ1n) is 20.3. The number of aliphatic hydroxyl groups excluding tert-OH is 2. The summed E-state index contributed by atoms with van der Waals surface area (Å²) in [4.78, 5) is 28.3. The van der Waals surface area contributed by atoms with E-state index < -0.39 is 36.2 Å². The van der Waals surface area contributed by atoms with Crippen LogP contribution in [0.4, 0.5) is 0 Å². The van der Waals surface area contributed by atoms with E-state index in [0.717, 1.165) is 90.4 Å². The van der Waals surface area contributed by atoms with Crippen LogP contribution in [0, 0.1) is 51.8 Å². The highest BCUT2D eigenvalue weighted by Gasteiger charge is 2.66. The third kappa shape index (κ3) is 7.45. The second kappa shape index (κ2) is 15.7. The Morgan fingerprint density at radius 1 is 0.961 bits per heavy atom. The highest BCUT2D eigenvalue weighted by molar-refractivity contribution is 5.84. The number of nitrogens with one attached hydrogen (secondary N) is 1. The van der Waals surface area contributed by atoms with Gasteiger partial charge in [-0.1, -0.05) is 46.3 Å². The highest BCUT2D eigenvalue weighted by Crippen LogP contribution is 2.71. The zero-order chi connectivity index (χ0) is 37.5. The second-order valence-corrected chi connectivity index (χ2v) is 18.2. The van der Waals surface area contributed by atoms with Crippen LogP contribution in [0.15, 0.2) is 11.6 Å². The van der Waals surface area contributed by atoms with E-state index in [0.29, 0.717) is 24.2 Å². The fraction of sp³-hybridized carbons (Fsp3) is 0.902. The predicted octanol–water partition coefficient (Wildman–Crippen LogP) is 5.12. The normalized spacial score (nSPS) is 41.0. The van der Waals surface area contributed by atoms with Crippen LogP contribution < -0.4 is 5.32 Å². The van der Waals surface area contributed by atoms with Crippen LogP contribution in [-0.4, -0.2) is 98.7 Å². The molecule has 6 N–H and O–H groups in total. The van der Waals surface area contributed by atoms with E-state index in [2.05, 4.69) is 50.9 Å². The average molecular weight is 719 g/mol. The molecular weight excluding hydrogens is 648 g/mol. The third-order valence-electron chi connectivity index (χ3n) is 15.5. The van der Waals surface area contributed by atoms with Gasteiger partial charge in [0.25, 0.3) is 0 Å². The lowest BCUT2D eigenvalue weighted by molar-refractivity contribution is -0.228. The van der Waals surface area contributed by atoms with Crippen molar-refractivity contribution >= 4 is 11.9 Å². The Bertz CT molecular complexity index is 1270. The number of carboxylic acid groups (broad SMARTS) is 1. The summed E-state index contributed by atoms with van der Waals surface area (Å²) in [5.74, 6) is 0.232. The SMILES string of the molecule is CCN(CC)CCCNC(=O)C12CCC(C)CC1C1=CCC3C(C)(CCC4C3(C)CCC(CC(OC(C(=O)O)C(C)O)C(O)O)[C@@]4(C)O)C1CC2. The molecule has 0 heterocycles. The van der Waals surface area contributed by atoms with Crippen LogP contribution >= 0.6 is 0 Å². The number of amides is 1. The van der Waals surface area contributed by atoms with Crippen LogP contribution in [0.1, 0.15) is 126 Å². The second-order valence-electron chi connectivity index (χ2n) is 18.2. The molecule has 0 spiro atoms. The largest absolute Gasteiger partial charge is 0.479 e. The van der Waals surface area contributed by atoms with Gasteiger partial charge in [0.2, 0.25) is 5.91 Å². The first kappa shape index (κ1) is 40.6. The van der Waals surface area contributed by atoms with Gasteiger partial charge in [-0.2, -0.15) is 0 Å². The maximum atomic E-state index is 14.2. The number of hydrogen-bond donors (Lipinski definition) is 6. The molecule has 13 atom stereocenters. The first-order valence-corrected chi connectivity index (χ1v) is 20.3. The van der Waals surface area contributed by atoms with Gasteiger partial charge in [0.05, 0.1) is 17.1 Å². The number of aliphatic hydroxyl groups is 4. The summed E-state index contributed by atoms with van der Waals surface area (Å²) < 4.78 is 5.58. The molecule has 12 unspecified atom stereocenters. The Balaban J connectivity index is 1.35. The number of carboxylic acids is 1. The van der Waals surface area contributed by atoms with Gasteiger partial charge in [0.1, 0.15) is 6.10 Å². The highest BCUT2D eigenvalue weighted by atomic mass is 16.6. The number of carbonyl (C=O) groups is 2. The standard InChI is InChI=1S/C41H70N2O8/c1-8-43(9-2)22-10-21-42-37(49)41-19-13-25(3)23-30(41)28-11-12-32-38(5,29(28)15-20-41)18-16-33-39(32,6)17-14-27(40(33,7)50)24-31(35(45)46)51-34(26(4)44)36(47)48/h11,25-27,29-35,44-46,50H,8-10,12-24H2,1-7H3,(H,42,49)(H,47,48)/t25?,26?,27?,29?,30?,31?,32?,33?,34?,38?,39?,40-,41?/m1/s1. The van der Waals surface area contributed by atoms with Gasteiger partial charge in [-0.3, -0.25) is 4.79 Å². The Morgan fingerprint density at radius 2 is 1.63 bits per heavy atom. The van der Waals surface area contributed by atoms with Crippen molar-refractivity contribution in [3.05, 3.63) is 11.6 Å². The number of nitrogens with zero attached hydrogens (tertiary/aromatic N) is 1. The average Bonchev–Trinajstić information content (AvgIpc) is 3.06. The first-order chi connectivity index (χ1) is 24.0. The monoisotopic (exact) mass is 719 g/mol. The number of hydrogen-bond acceptors (Lipinski definition) is 8. The Labute approximate surface area is 306 Å². The molecule has 292 valence electrons. The van der Waals surface area contributed by atoms with Crippen LogP contribution in [-0.2, 0) is 14.3 Å². The molecular formula is C41H70N2O8. The van der Waals surface area contributed by atoms with Crippen molar-refractivity contribution in [1.29, 1.82) is 0 Å². The van der Waals surface area contributed by atoms with Crippen molar-refractivity contribution in [2.45, 2.75) is 156 Å². The molecule has 0 aliphatic heterocycles. The molecule has 0 bridgehead atoms. The molecule has 5 aliphatic carbocycles. The van der Waals surface area contributed by atoms with E-state index in [1.807, 2.05) is 6.92 Å². The molecule has 1 amide bonds. The summed E-state index contributed by atoms with van der Waals surface area (Å²) in [5.41, 5.74) is 0.0185. The predicted molar refractivity (Wildman–Crippen MR) is 196 cm³/mol. The Morgan fingerprint density at radius 3 is 2.25 bits per heavy atom. The summed E-state index contributed by atoms with van der Waals surface area (Å²) in [6.07, 6.45) is 6.88. The van der Waals surface area contributed by atoms with E-state index in [1.54, 1.807) is 0 Å². The van der Waals surface area contributed by atoms with Gasteiger partial charge in [-0.15, -0.1) is 0 Å². The van der Waals surface area contributed by atoms with Crippen molar-refractivity contribution in [1.82, 2.24) is 10.2 Å². The Hall–Kier alpha value is -1.56. The molecule has 0 saturated heterocycles. The minimum Gasteiger partial charge on any atom is -0.479 e. The summed E-state index contributed by atoms with van der Waals surface area (Å²) in [6.45, 7) is 18.6.